The lowest BCUT2D eigenvalue weighted by molar-refractivity contribution is 0.0532. The molecule has 0 aliphatic rings. The minimum Gasteiger partial charge on any atom is -0.490 e. The summed E-state index contributed by atoms with van der Waals surface area (Å²) in [6, 6.07) is 4.73. The van der Waals surface area contributed by atoms with Gasteiger partial charge in [-0.2, -0.15) is 5.10 Å². The quantitative estimate of drug-likeness (QED) is 0.389. The molecule has 3 N–H and O–H groups in total. The van der Waals surface area contributed by atoms with Crippen LogP contribution in [-0.2, 0) is 7.05 Å². The molecule has 0 aliphatic carbocycles. The maximum absolute atomic E-state index is 14.4. The van der Waals surface area contributed by atoms with E-state index in [0.717, 1.165) is 27.8 Å². The van der Waals surface area contributed by atoms with Crippen molar-refractivity contribution in [3.63, 3.8) is 0 Å². The molecule has 4 aromatic rings. The molecule has 0 saturated carbocycles. The number of halogens is 2. The van der Waals surface area contributed by atoms with Crippen molar-refractivity contribution in [2.75, 3.05) is 13.2 Å². The Morgan fingerprint density at radius 3 is 2.78 bits per heavy atom. The lowest BCUT2D eigenvalue weighted by Crippen LogP contribution is -2.22. The van der Waals surface area contributed by atoms with E-state index in [1.165, 1.54) is 12.1 Å². The van der Waals surface area contributed by atoms with Gasteiger partial charge in [0.25, 0.3) is 0 Å². The van der Waals surface area contributed by atoms with Crippen molar-refractivity contribution in [3.05, 3.63) is 64.5 Å². The first-order valence-corrected chi connectivity index (χ1v) is 10.5. The van der Waals surface area contributed by atoms with Crippen LogP contribution in [0.2, 0.25) is 5.02 Å². The summed E-state index contributed by atoms with van der Waals surface area (Å²) in [4.78, 5) is 7.71. The lowest BCUT2D eigenvalue weighted by atomic mass is 9.91. The Balaban J connectivity index is 1.79. The van der Waals surface area contributed by atoms with E-state index in [9.17, 15) is 9.50 Å². The van der Waals surface area contributed by atoms with Crippen LogP contribution in [0.25, 0.3) is 22.2 Å². The molecule has 0 amide bonds. The first-order chi connectivity index (χ1) is 15.3. The smallest absolute Gasteiger partial charge is 0.142 e. The molecule has 4 rings (SSSR count). The highest BCUT2D eigenvalue weighted by atomic mass is 35.5. The monoisotopic (exact) mass is 458 g/mol. The minimum absolute atomic E-state index is 0.0462. The Labute approximate surface area is 189 Å². The second-order valence-electron chi connectivity index (χ2n) is 7.77. The second-order valence-corrected chi connectivity index (χ2v) is 8.15. The van der Waals surface area contributed by atoms with Crippen molar-refractivity contribution < 1.29 is 19.3 Å². The maximum Gasteiger partial charge on any atom is 0.142 e. The van der Waals surface area contributed by atoms with Gasteiger partial charge in [-0.1, -0.05) is 18.5 Å². The number of nitrogens with one attached hydrogen (secondary N) is 1. The fourth-order valence-corrected chi connectivity index (χ4v) is 4.10. The molecule has 3 aromatic heterocycles. The van der Waals surface area contributed by atoms with E-state index in [-0.39, 0.29) is 17.5 Å². The van der Waals surface area contributed by atoms with Gasteiger partial charge in [-0.3, -0.25) is 4.68 Å². The summed E-state index contributed by atoms with van der Waals surface area (Å²) in [6.45, 7) is 3.31. The highest BCUT2D eigenvalue weighted by molar-refractivity contribution is 6.31. The number of ether oxygens (including phenoxy) is 1. The van der Waals surface area contributed by atoms with Crippen molar-refractivity contribution in [2.24, 2.45) is 7.05 Å². The van der Waals surface area contributed by atoms with E-state index >= 15 is 0 Å². The van der Waals surface area contributed by atoms with Gasteiger partial charge in [0, 0.05) is 53.1 Å². The molecule has 3 heterocycles. The molecule has 1 aromatic carbocycles. The van der Waals surface area contributed by atoms with Gasteiger partial charge >= 0.3 is 0 Å². The average molecular weight is 459 g/mol. The molecular weight excluding hydrogens is 435 g/mol. The molecule has 0 aliphatic heterocycles. The molecule has 2 atom stereocenters. The summed E-state index contributed by atoms with van der Waals surface area (Å²) in [5.74, 6) is -0.563. The van der Waals surface area contributed by atoms with Crippen LogP contribution < -0.4 is 4.74 Å². The van der Waals surface area contributed by atoms with E-state index < -0.39 is 18.5 Å². The van der Waals surface area contributed by atoms with Crippen molar-refractivity contribution in [1.29, 1.82) is 0 Å². The van der Waals surface area contributed by atoms with Crippen LogP contribution in [0.1, 0.15) is 29.7 Å². The van der Waals surface area contributed by atoms with Crippen molar-refractivity contribution in [1.82, 2.24) is 19.7 Å². The molecule has 0 spiro atoms. The molecule has 0 radical (unpaired) electrons. The number of aliphatic hydroxyl groups excluding tert-OH is 2. The third-order valence-corrected chi connectivity index (χ3v) is 6.13. The van der Waals surface area contributed by atoms with Crippen LogP contribution in [-0.4, -0.2) is 49.3 Å². The fourth-order valence-electron chi connectivity index (χ4n) is 3.78. The van der Waals surface area contributed by atoms with E-state index in [4.69, 9.17) is 21.4 Å². The normalized spacial score (nSPS) is 13.5. The van der Waals surface area contributed by atoms with E-state index in [1.54, 1.807) is 17.1 Å². The second kappa shape index (κ2) is 8.90. The van der Waals surface area contributed by atoms with Gasteiger partial charge in [0.1, 0.15) is 29.9 Å². The third kappa shape index (κ3) is 3.97. The van der Waals surface area contributed by atoms with Crippen LogP contribution in [0.3, 0.4) is 0 Å². The summed E-state index contributed by atoms with van der Waals surface area (Å²) in [6.07, 6.45) is 4.37. The number of aryl methyl sites for hydroxylation is 1. The van der Waals surface area contributed by atoms with E-state index in [0.29, 0.717) is 17.0 Å². The van der Waals surface area contributed by atoms with Gasteiger partial charge in [0.05, 0.1) is 17.8 Å². The number of aliphatic hydroxyl groups is 2. The number of aromatic amines is 1. The Hall–Kier alpha value is -2.94. The van der Waals surface area contributed by atoms with Gasteiger partial charge in [0.2, 0.25) is 0 Å². The highest BCUT2D eigenvalue weighted by Gasteiger charge is 2.24. The van der Waals surface area contributed by atoms with Crippen LogP contribution in [0, 0.1) is 12.7 Å². The van der Waals surface area contributed by atoms with Gasteiger partial charge in [-0.05, 0) is 30.7 Å². The zero-order chi connectivity index (χ0) is 23.0. The van der Waals surface area contributed by atoms with Crippen molar-refractivity contribution in [3.8, 4) is 16.9 Å². The molecule has 0 bridgehead atoms. The molecule has 9 heteroatoms. The van der Waals surface area contributed by atoms with Crippen molar-refractivity contribution >= 4 is 22.6 Å². The first kappa shape index (κ1) is 22.3. The molecule has 1 unspecified atom stereocenters. The molecule has 7 nitrogen and oxygen atoms in total. The highest BCUT2D eigenvalue weighted by Crippen LogP contribution is 2.41. The van der Waals surface area contributed by atoms with Crippen LogP contribution >= 0.6 is 11.6 Å². The predicted molar refractivity (Wildman–Crippen MR) is 121 cm³/mol. The number of fused-ring (bicyclic) bond motifs is 1. The summed E-state index contributed by atoms with van der Waals surface area (Å²) in [5, 5.41) is 23.9. The lowest BCUT2D eigenvalue weighted by Gasteiger charge is -2.20. The zero-order valence-corrected chi connectivity index (χ0v) is 18.7. The Kier molecular flexibility index (Phi) is 6.19. The number of hydrogen-bond acceptors (Lipinski definition) is 5. The zero-order valence-electron chi connectivity index (χ0n) is 17.9. The van der Waals surface area contributed by atoms with Crippen LogP contribution in [0.15, 0.2) is 36.8 Å². The molecule has 0 fully saturated rings. The number of hydrogen-bond donors (Lipinski definition) is 3. The van der Waals surface area contributed by atoms with E-state index in [2.05, 4.69) is 15.1 Å². The van der Waals surface area contributed by atoms with E-state index in [1.807, 2.05) is 33.2 Å². The number of pyridine rings is 1. The summed E-state index contributed by atoms with van der Waals surface area (Å²) in [5.41, 5.74) is 4.94. The molecular formula is C23H24ClFN4O3. The third-order valence-electron chi connectivity index (χ3n) is 5.74. The van der Waals surface area contributed by atoms with Crippen LogP contribution in [0.5, 0.6) is 5.75 Å². The number of nitrogens with zero attached hydrogens (tertiary/aromatic N) is 3. The molecule has 32 heavy (non-hydrogen) atoms. The van der Waals surface area contributed by atoms with Crippen LogP contribution in [0.4, 0.5) is 4.39 Å². The van der Waals surface area contributed by atoms with Gasteiger partial charge < -0.3 is 19.9 Å². The fraction of sp³-hybridized carbons (Fsp3) is 0.304. The average Bonchev–Trinajstić information content (AvgIpc) is 3.36. The SMILES string of the molecule is Cc1c(-c2cnc3[nH]cc(C(C)c4c(OC[C@H](O)CO)ccc(F)c4Cl)c3c2)cnn1C. The van der Waals surface area contributed by atoms with Gasteiger partial charge in [-0.15, -0.1) is 0 Å². The van der Waals surface area contributed by atoms with Gasteiger partial charge in [0.15, 0.2) is 0 Å². The Morgan fingerprint density at radius 1 is 1.31 bits per heavy atom. The number of rotatable bonds is 7. The maximum atomic E-state index is 14.4. The number of aromatic nitrogens is 4. The summed E-state index contributed by atoms with van der Waals surface area (Å²) in [7, 11) is 1.88. The topological polar surface area (TPSA) is 96.2 Å². The summed E-state index contributed by atoms with van der Waals surface area (Å²) >= 11 is 6.36. The number of benzene rings is 1. The predicted octanol–water partition coefficient (Wildman–Crippen LogP) is 3.95. The van der Waals surface area contributed by atoms with Crippen molar-refractivity contribution in [2.45, 2.75) is 25.9 Å². The number of H-pyrrole nitrogens is 1. The molecule has 168 valence electrons. The Morgan fingerprint density at radius 2 is 2.09 bits per heavy atom. The Bertz CT molecular complexity index is 1270. The standard InChI is InChI=1S/C23H24ClFN4O3/c1-12(21-20(32-11-15(31)10-30)5-4-19(25)22(21)24)17-8-27-23-16(17)6-14(7-26-23)18-9-28-29(3)13(18)2/h4-9,12,15,30-31H,10-11H2,1-3H3,(H,26,27)/t12?,15-/m1/s1. The summed E-state index contributed by atoms with van der Waals surface area (Å²) < 4.78 is 21.8. The molecule has 0 saturated heterocycles. The first-order valence-electron chi connectivity index (χ1n) is 10.2. The largest absolute Gasteiger partial charge is 0.490 e. The minimum atomic E-state index is -1.05. The van der Waals surface area contributed by atoms with Gasteiger partial charge in [-0.25, -0.2) is 9.37 Å².